The third-order valence-corrected chi connectivity index (χ3v) is 7.08. The molecule has 0 bridgehead atoms. The van der Waals surface area contributed by atoms with Crippen molar-refractivity contribution in [2.75, 3.05) is 0 Å². The smallest absolute Gasteiger partial charge is 0.144 e. The summed E-state index contributed by atoms with van der Waals surface area (Å²) < 4.78 is 6.37. The van der Waals surface area contributed by atoms with Gasteiger partial charge in [0.15, 0.2) is 0 Å². The number of para-hydroxylation sites is 2. The first-order valence-electron chi connectivity index (χ1n) is 11.1. The van der Waals surface area contributed by atoms with Gasteiger partial charge < -0.3 is 4.42 Å². The fourth-order valence-electron chi connectivity index (χ4n) is 5.57. The summed E-state index contributed by atoms with van der Waals surface area (Å²) in [6.45, 7) is 4.63. The predicted molar refractivity (Wildman–Crippen MR) is 132 cm³/mol. The lowest BCUT2D eigenvalue weighted by atomic mass is 9.80. The SMILES string of the molecule is CC1(C)c2cc3ccccc3cc2-c2ccnc(-c3cccc4c3oc3ccccc34)c21. The number of fused-ring (bicyclic) bond motifs is 7. The van der Waals surface area contributed by atoms with Crippen LogP contribution >= 0.6 is 0 Å². The number of hydrogen-bond donors (Lipinski definition) is 0. The number of nitrogens with zero attached hydrogens (tertiary/aromatic N) is 1. The van der Waals surface area contributed by atoms with Crippen LogP contribution < -0.4 is 0 Å². The van der Waals surface area contributed by atoms with E-state index in [-0.39, 0.29) is 5.41 Å². The summed E-state index contributed by atoms with van der Waals surface area (Å²) in [5.41, 5.74) is 8.95. The molecule has 152 valence electrons. The Morgan fingerprint density at radius 3 is 2.31 bits per heavy atom. The molecule has 0 amide bonds. The molecule has 32 heavy (non-hydrogen) atoms. The van der Waals surface area contributed by atoms with Crippen molar-refractivity contribution in [1.82, 2.24) is 4.98 Å². The zero-order valence-corrected chi connectivity index (χ0v) is 18.0. The Balaban J connectivity index is 1.56. The van der Waals surface area contributed by atoms with Crippen LogP contribution in [0.25, 0.3) is 55.1 Å². The Kier molecular flexibility index (Phi) is 3.37. The molecule has 2 heteroatoms. The molecule has 0 fully saturated rings. The van der Waals surface area contributed by atoms with E-state index in [1.165, 1.54) is 33.0 Å². The van der Waals surface area contributed by atoms with E-state index < -0.39 is 0 Å². The van der Waals surface area contributed by atoms with Crippen molar-refractivity contribution >= 4 is 32.7 Å². The average Bonchev–Trinajstić information content (AvgIpc) is 3.31. The number of rotatable bonds is 1. The van der Waals surface area contributed by atoms with E-state index >= 15 is 0 Å². The van der Waals surface area contributed by atoms with Crippen molar-refractivity contribution in [2.45, 2.75) is 19.3 Å². The molecule has 7 rings (SSSR count). The van der Waals surface area contributed by atoms with Crippen LogP contribution in [0.5, 0.6) is 0 Å². The molecule has 1 aliphatic carbocycles. The Bertz CT molecular complexity index is 1700. The maximum Gasteiger partial charge on any atom is 0.144 e. The van der Waals surface area contributed by atoms with E-state index in [4.69, 9.17) is 9.40 Å². The van der Waals surface area contributed by atoms with E-state index in [1.807, 2.05) is 18.3 Å². The number of benzene rings is 4. The van der Waals surface area contributed by atoms with Crippen LogP contribution in [0.2, 0.25) is 0 Å². The highest BCUT2D eigenvalue weighted by atomic mass is 16.3. The molecule has 2 heterocycles. The van der Waals surface area contributed by atoms with Crippen LogP contribution in [0.4, 0.5) is 0 Å². The highest BCUT2D eigenvalue weighted by Gasteiger charge is 2.39. The van der Waals surface area contributed by atoms with Gasteiger partial charge in [-0.3, -0.25) is 4.98 Å². The van der Waals surface area contributed by atoms with Gasteiger partial charge >= 0.3 is 0 Å². The number of aromatic nitrogens is 1. The summed E-state index contributed by atoms with van der Waals surface area (Å²) in [5, 5.41) is 4.83. The number of pyridine rings is 1. The van der Waals surface area contributed by atoms with Crippen LogP contribution in [0.15, 0.2) is 95.5 Å². The van der Waals surface area contributed by atoms with Gasteiger partial charge in [-0.25, -0.2) is 0 Å². The second-order valence-corrected chi connectivity index (χ2v) is 9.23. The molecule has 0 atom stereocenters. The second kappa shape index (κ2) is 6.08. The molecule has 2 nitrogen and oxygen atoms in total. The van der Waals surface area contributed by atoms with E-state index in [2.05, 4.69) is 86.6 Å². The van der Waals surface area contributed by atoms with Gasteiger partial charge in [-0.05, 0) is 63.4 Å². The van der Waals surface area contributed by atoms with Crippen molar-refractivity contribution in [1.29, 1.82) is 0 Å². The topological polar surface area (TPSA) is 26.0 Å². The Morgan fingerprint density at radius 2 is 1.44 bits per heavy atom. The maximum atomic E-state index is 6.37. The van der Waals surface area contributed by atoms with E-state index in [1.54, 1.807) is 0 Å². The molecule has 6 aromatic rings. The van der Waals surface area contributed by atoms with Gasteiger partial charge in [0.1, 0.15) is 11.2 Å². The molecule has 2 aromatic heterocycles. The molecule has 1 aliphatic rings. The lowest BCUT2D eigenvalue weighted by Crippen LogP contribution is -2.17. The van der Waals surface area contributed by atoms with Crippen LogP contribution in [-0.4, -0.2) is 4.98 Å². The van der Waals surface area contributed by atoms with E-state index in [0.29, 0.717) is 0 Å². The zero-order chi connectivity index (χ0) is 21.4. The third kappa shape index (κ3) is 2.22. The van der Waals surface area contributed by atoms with Crippen molar-refractivity contribution in [3.8, 4) is 22.4 Å². The fourth-order valence-corrected chi connectivity index (χ4v) is 5.57. The summed E-state index contributed by atoms with van der Waals surface area (Å²) in [5.74, 6) is 0. The molecule has 4 aromatic carbocycles. The molecule has 0 unspecified atom stereocenters. The standard InChI is InChI=1S/C30H21NO/c1-30(2)25-17-19-9-4-3-8-18(19)16-24(25)21-14-15-31-28(27(21)30)23-12-7-11-22-20-10-5-6-13-26(20)32-29(22)23/h3-17H,1-2H3. The average molecular weight is 412 g/mol. The van der Waals surface area contributed by atoms with Crippen molar-refractivity contribution in [3.05, 3.63) is 102 Å². The van der Waals surface area contributed by atoms with Crippen LogP contribution in [0.1, 0.15) is 25.0 Å². The summed E-state index contributed by atoms with van der Waals surface area (Å²) in [6, 6.07) is 30.1. The minimum atomic E-state index is -0.160. The second-order valence-electron chi connectivity index (χ2n) is 9.23. The van der Waals surface area contributed by atoms with E-state index in [0.717, 1.165) is 33.2 Å². The largest absolute Gasteiger partial charge is 0.455 e. The normalized spacial score (nSPS) is 14.2. The maximum absolute atomic E-state index is 6.37. The molecule has 0 spiro atoms. The molecular formula is C30H21NO. The zero-order valence-electron chi connectivity index (χ0n) is 18.0. The van der Waals surface area contributed by atoms with Gasteiger partial charge in [0, 0.05) is 27.9 Å². The first kappa shape index (κ1) is 17.7. The van der Waals surface area contributed by atoms with Gasteiger partial charge in [-0.15, -0.1) is 0 Å². The minimum Gasteiger partial charge on any atom is -0.455 e. The molecular weight excluding hydrogens is 390 g/mol. The quantitative estimate of drug-likeness (QED) is 0.273. The van der Waals surface area contributed by atoms with Crippen LogP contribution in [0, 0.1) is 0 Å². The Morgan fingerprint density at radius 1 is 0.688 bits per heavy atom. The van der Waals surface area contributed by atoms with Crippen molar-refractivity contribution < 1.29 is 4.42 Å². The molecule has 0 saturated carbocycles. The molecule has 0 N–H and O–H groups in total. The van der Waals surface area contributed by atoms with Crippen LogP contribution in [-0.2, 0) is 5.41 Å². The lowest BCUT2D eigenvalue weighted by molar-refractivity contribution is 0.657. The summed E-state index contributed by atoms with van der Waals surface area (Å²) >= 11 is 0. The number of furan rings is 1. The number of hydrogen-bond acceptors (Lipinski definition) is 2. The lowest BCUT2D eigenvalue weighted by Gasteiger charge is -2.24. The highest BCUT2D eigenvalue weighted by molar-refractivity contribution is 6.10. The molecule has 0 saturated heterocycles. The summed E-state index contributed by atoms with van der Waals surface area (Å²) in [7, 11) is 0. The Labute approximate surface area is 186 Å². The molecule has 0 aliphatic heterocycles. The first-order chi connectivity index (χ1) is 15.6. The predicted octanol–water partition coefficient (Wildman–Crippen LogP) is 8.11. The van der Waals surface area contributed by atoms with Crippen molar-refractivity contribution in [3.63, 3.8) is 0 Å². The Hall–Kier alpha value is -3.91. The molecule has 0 radical (unpaired) electrons. The third-order valence-electron chi connectivity index (χ3n) is 7.08. The fraction of sp³-hybridized carbons (Fsp3) is 0.100. The van der Waals surface area contributed by atoms with E-state index in [9.17, 15) is 0 Å². The monoisotopic (exact) mass is 411 g/mol. The first-order valence-corrected chi connectivity index (χ1v) is 11.1. The summed E-state index contributed by atoms with van der Waals surface area (Å²) in [6.07, 6.45) is 1.94. The summed E-state index contributed by atoms with van der Waals surface area (Å²) in [4.78, 5) is 4.93. The van der Waals surface area contributed by atoms with Gasteiger partial charge in [0.2, 0.25) is 0 Å². The van der Waals surface area contributed by atoms with Crippen LogP contribution in [0.3, 0.4) is 0 Å². The highest BCUT2D eigenvalue weighted by Crippen LogP contribution is 2.53. The van der Waals surface area contributed by atoms with Gasteiger partial charge in [-0.2, -0.15) is 0 Å². The van der Waals surface area contributed by atoms with Crippen molar-refractivity contribution in [2.24, 2.45) is 0 Å². The van der Waals surface area contributed by atoms with Gasteiger partial charge in [-0.1, -0.05) is 68.4 Å². The van der Waals surface area contributed by atoms with Gasteiger partial charge in [0.05, 0.1) is 5.69 Å². The van der Waals surface area contributed by atoms with Gasteiger partial charge in [0.25, 0.3) is 0 Å². The minimum absolute atomic E-state index is 0.160.